The van der Waals surface area contributed by atoms with Gasteiger partial charge in [-0.2, -0.15) is 9.78 Å². The first-order valence-electron chi connectivity index (χ1n) is 9.31. The second-order valence-corrected chi connectivity index (χ2v) is 7.19. The van der Waals surface area contributed by atoms with Crippen LogP contribution in [0.4, 0.5) is 0 Å². The number of nitrogens with zero attached hydrogens (tertiary/aromatic N) is 7. The van der Waals surface area contributed by atoms with Gasteiger partial charge in [0.2, 0.25) is 0 Å². The van der Waals surface area contributed by atoms with Crippen LogP contribution in [0.2, 0.25) is 0 Å². The third-order valence-corrected chi connectivity index (χ3v) is 5.28. The summed E-state index contributed by atoms with van der Waals surface area (Å²) in [5.74, 6) is 3.99. The molecule has 8 nitrogen and oxygen atoms in total. The molecular weight excluding hydrogens is 354 g/mol. The Labute approximate surface area is 162 Å². The lowest BCUT2D eigenvalue weighted by Gasteiger charge is -2.08. The van der Waals surface area contributed by atoms with Crippen molar-refractivity contribution in [2.45, 2.75) is 31.8 Å². The van der Waals surface area contributed by atoms with E-state index in [0.717, 1.165) is 40.6 Å². The largest absolute Gasteiger partial charge is 0.377 e. The molecule has 28 heavy (non-hydrogen) atoms. The van der Waals surface area contributed by atoms with Crippen LogP contribution in [-0.2, 0) is 18.4 Å². The van der Waals surface area contributed by atoms with Crippen molar-refractivity contribution in [3.8, 4) is 5.82 Å². The molecule has 142 valence electrons. The summed E-state index contributed by atoms with van der Waals surface area (Å²) in [5, 5.41) is 4.31. The first kappa shape index (κ1) is 17.0. The van der Waals surface area contributed by atoms with Crippen LogP contribution in [0.25, 0.3) is 16.9 Å². The molecule has 0 amide bonds. The lowest BCUT2D eigenvalue weighted by atomic mass is 10.2. The van der Waals surface area contributed by atoms with Gasteiger partial charge in [-0.05, 0) is 25.5 Å². The maximum atomic E-state index is 5.21. The highest BCUT2D eigenvalue weighted by molar-refractivity contribution is 5.76. The zero-order chi connectivity index (χ0) is 19.3. The second kappa shape index (κ2) is 6.49. The van der Waals surface area contributed by atoms with E-state index in [-0.39, 0.29) is 0 Å². The highest BCUT2D eigenvalue weighted by atomic mass is 16.5. The third kappa shape index (κ3) is 2.77. The van der Waals surface area contributed by atoms with E-state index in [2.05, 4.69) is 38.8 Å². The number of methoxy groups -OCH3 is 1. The smallest absolute Gasteiger partial charge is 0.159 e. The molecule has 2 atom stereocenters. The molecule has 1 fully saturated rings. The minimum Gasteiger partial charge on any atom is -0.377 e. The van der Waals surface area contributed by atoms with E-state index in [0.29, 0.717) is 24.3 Å². The Balaban J connectivity index is 1.48. The average Bonchev–Trinajstić information content (AvgIpc) is 3.23. The molecule has 1 aliphatic rings. The maximum absolute atomic E-state index is 5.21. The summed E-state index contributed by atoms with van der Waals surface area (Å²) in [6, 6.07) is 10.3. The Morgan fingerprint density at radius 3 is 2.82 bits per heavy atom. The van der Waals surface area contributed by atoms with Crippen LogP contribution in [0.3, 0.4) is 0 Å². The number of aromatic nitrogens is 7. The molecule has 0 saturated heterocycles. The minimum atomic E-state index is 0.338. The molecule has 5 rings (SSSR count). The quantitative estimate of drug-likeness (QED) is 0.533. The van der Waals surface area contributed by atoms with Gasteiger partial charge in [0, 0.05) is 32.1 Å². The molecule has 2 unspecified atom stereocenters. The van der Waals surface area contributed by atoms with Gasteiger partial charge in [0.1, 0.15) is 24.6 Å². The fraction of sp³-hybridized carbons (Fsp3) is 0.350. The number of imidazole rings is 1. The van der Waals surface area contributed by atoms with Crippen molar-refractivity contribution in [1.29, 1.82) is 0 Å². The van der Waals surface area contributed by atoms with E-state index in [1.54, 1.807) is 11.8 Å². The first-order chi connectivity index (χ1) is 13.7. The molecule has 1 aliphatic carbocycles. The summed E-state index contributed by atoms with van der Waals surface area (Å²) in [4.78, 5) is 18.4. The predicted octanol–water partition coefficient (Wildman–Crippen LogP) is 2.67. The summed E-state index contributed by atoms with van der Waals surface area (Å²) in [6.07, 6.45) is 2.56. The molecule has 0 spiro atoms. The molecule has 0 N–H and O–H groups in total. The van der Waals surface area contributed by atoms with E-state index < -0.39 is 0 Å². The summed E-state index contributed by atoms with van der Waals surface area (Å²) in [5.41, 5.74) is 3.23. The molecule has 0 aliphatic heterocycles. The fourth-order valence-corrected chi connectivity index (χ4v) is 3.86. The van der Waals surface area contributed by atoms with Crippen molar-refractivity contribution in [2.75, 3.05) is 7.11 Å². The summed E-state index contributed by atoms with van der Waals surface area (Å²) >= 11 is 0. The number of rotatable bonds is 5. The van der Waals surface area contributed by atoms with Gasteiger partial charge in [-0.3, -0.25) is 0 Å². The van der Waals surface area contributed by atoms with Crippen LogP contribution >= 0.6 is 0 Å². The van der Waals surface area contributed by atoms with E-state index in [1.165, 1.54) is 6.33 Å². The molecule has 0 radical (unpaired) electrons. The van der Waals surface area contributed by atoms with Crippen molar-refractivity contribution in [3.05, 3.63) is 59.8 Å². The van der Waals surface area contributed by atoms with Crippen molar-refractivity contribution in [3.63, 3.8) is 0 Å². The Bertz CT molecular complexity index is 1160. The molecule has 0 bridgehead atoms. The SMILES string of the molecule is COCc1ncnn1-c1cc(C2CC2c2nc3ccccc3n2C)nc(C)n1. The van der Waals surface area contributed by atoms with Gasteiger partial charge in [0.25, 0.3) is 0 Å². The van der Waals surface area contributed by atoms with Gasteiger partial charge in [0.15, 0.2) is 11.6 Å². The van der Waals surface area contributed by atoms with Gasteiger partial charge in [-0.1, -0.05) is 12.1 Å². The fourth-order valence-electron chi connectivity index (χ4n) is 3.86. The Morgan fingerprint density at radius 1 is 1.14 bits per heavy atom. The lowest BCUT2D eigenvalue weighted by molar-refractivity contribution is 0.175. The summed E-state index contributed by atoms with van der Waals surface area (Å²) in [6.45, 7) is 2.29. The van der Waals surface area contributed by atoms with Crippen molar-refractivity contribution >= 4 is 11.0 Å². The second-order valence-electron chi connectivity index (χ2n) is 7.19. The number of benzene rings is 1. The average molecular weight is 375 g/mol. The van der Waals surface area contributed by atoms with Crippen molar-refractivity contribution < 1.29 is 4.74 Å². The van der Waals surface area contributed by atoms with Gasteiger partial charge in [0.05, 0.1) is 16.7 Å². The van der Waals surface area contributed by atoms with Crippen LogP contribution in [0.1, 0.15) is 41.4 Å². The van der Waals surface area contributed by atoms with Crippen LogP contribution in [0.5, 0.6) is 0 Å². The maximum Gasteiger partial charge on any atom is 0.159 e. The third-order valence-electron chi connectivity index (χ3n) is 5.28. The van der Waals surface area contributed by atoms with Gasteiger partial charge >= 0.3 is 0 Å². The number of ether oxygens (including phenoxy) is 1. The highest BCUT2D eigenvalue weighted by Crippen LogP contribution is 2.54. The van der Waals surface area contributed by atoms with Crippen molar-refractivity contribution in [2.24, 2.45) is 7.05 Å². The molecular formula is C20H21N7O. The van der Waals surface area contributed by atoms with Crippen LogP contribution in [-0.4, -0.2) is 41.4 Å². The van der Waals surface area contributed by atoms with Crippen LogP contribution in [0, 0.1) is 6.92 Å². The molecule has 4 aromatic rings. The Morgan fingerprint density at radius 2 is 2.00 bits per heavy atom. The van der Waals surface area contributed by atoms with Gasteiger partial charge in [-0.15, -0.1) is 0 Å². The van der Waals surface area contributed by atoms with E-state index in [9.17, 15) is 0 Å². The number of hydrogen-bond acceptors (Lipinski definition) is 6. The van der Waals surface area contributed by atoms with Crippen LogP contribution < -0.4 is 0 Å². The number of para-hydroxylation sites is 2. The van der Waals surface area contributed by atoms with Crippen LogP contribution in [0.15, 0.2) is 36.7 Å². The molecule has 3 aromatic heterocycles. The zero-order valence-corrected chi connectivity index (χ0v) is 16.1. The normalized spacial score (nSPS) is 18.7. The Hall–Kier alpha value is -3.13. The van der Waals surface area contributed by atoms with E-state index in [4.69, 9.17) is 14.7 Å². The number of hydrogen-bond donors (Lipinski definition) is 0. The number of aryl methyl sites for hydroxylation is 2. The predicted molar refractivity (Wildman–Crippen MR) is 103 cm³/mol. The van der Waals surface area contributed by atoms with Gasteiger partial charge in [-0.25, -0.2) is 19.9 Å². The van der Waals surface area contributed by atoms with E-state index >= 15 is 0 Å². The van der Waals surface area contributed by atoms with E-state index in [1.807, 2.05) is 25.1 Å². The first-order valence-corrected chi connectivity index (χ1v) is 9.31. The molecule has 1 aromatic carbocycles. The standard InChI is InChI=1S/C20H21N7O/c1-12-23-16(9-18(24-12)27-19(10-28-3)21-11-22-27)13-8-14(13)20-25-15-6-4-5-7-17(15)26(20)2/h4-7,9,11,13-14H,8,10H2,1-3H3. The summed E-state index contributed by atoms with van der Waals surface area (Å²) < 4.78 is 9.12. The highest BCUT2D eigenvalue weighted by Gasteiger charge is 2.44. The minimum absolute atomic E-state index is 0.338. The summed E-state index contributed by atoms with van der Waals surface area (Å²) in [7, 11) is 3.73. The van der Waals surface area contributed by atoms with Gasteiger partial charge < -0.3 is 9.30 Å². The molecule has 8 heteroatoms. The molecule has 3 heterocycles. The molecule has 1 saturated carbocycles. The van der Waals surface area contributed by atoms with Crippen molar-refractivity contribution in [1.82, 2.24) is 34.3 Å². The Kier molecular flexibility index (Phi) is 3.94. The number of fused-ring (bicyclic) bond motifs is 1. The monoisotopic (exact) mass is 375 g/mol. The lowest BCUT2D eigenvalue weighted by Crippen LogP contribution is -2.09. The zero-order valence-electron chi connectivity index (χ0n) is 16.1. The topological polar surface area (TPSA) is 83.5 Å².